The molecular formula is C17H26O2S2. The van der Waals surface area contributed by atoms with Gasteiger partial charge in [0.2, 0.25) is 0 Å². The summed E-state index contributed by atoms with van der Waals surface area (Å²) in [7, 11) is 0. The van der Waals surface area contributed by atoms with E-state index in [1.54, 1.807) is 0 Å². The predicted molar refractivity (Wildman–Crippen MR) is 94.3 cm³/mol. The number of thiol groups is 1. The first-order valence-corrected chi connectivity index (χ1v) is 9.48. The summed E-state index contributed by atoms with van der Waals surface area (Å²) in [6.07, 6.45) is 4.95. The van der Waals surface area contributed by atoms with Gasteiger partial charge in [-0.25, -0.2) is 0 Å². The summed E-state index contributed by atoms with van der Waals surface area (Å²) >= 11 is 6.56. The molecule has 1 aliphatic heterocycles. The molecule has 1 aromatic rings. The van der Waals surface area contributed by atoms with Crippen LogP contribution in [0.3, 0.4) is 0 Å². The van der Waals surface area contributed by atoms with Gasteiger partial charge >= 0.3 is 0 Å². The van der Waals surface area contributed by atoms with Crippen LogP contribution in [-0.4, -0.2) is 24.7 Å². The van der Waals surface area contributed by atoms with Gasteiger partial charge < -0.3 is 9.47 Å². The molecule has 0 radical (unpaired) electrons. The fourth-order valence-electron chi connectivity index (χ4n) is 2.88. The molecule has 118 valence electrons. The number of thioether (sulfide) groups is 1. The fourth-order valence-corrected chi connectivity index (χ4v) is 4.68. The number of hydrogen-bond acceptors (Lipinski definition) is 4. The molecule has 0 fully saturated rings. The maximum Gasteiger partial charge on any atom is 0.162 e. The van der Waals surface area contributed by atoms with Crippen LogP contribution in [-0.2, 0) is 0 Å². The second kappa shape index (κ2) is 8.23. The lowest BCUT2D eigenvalue weighted by atomic mass is 9.83. The smallest absolute Gasteiger partial charge is 0.162 e. The van der Waals surface area contributed by atoms with Crippen LogP contribution in [0.1, 0.15) is 39.5 Å². The summed E-state index contributed by atoms with van der Waals surface area (Å²) in [5.41, 5.74) is 0.352. The van der Waals surface area contributed by atoms with Crippen LogP contribution >= 0.6 is 24.4 Å². The van der Waals surface area contributed by atoms with Crippen molar-refractivity contribution >= 4 is 24.4 Å². The van der Waals surface area contributed by atoms with Gasteiger partial charge in [-0.15, -0.1) is 11.8 Å². The second-order valence-electron chi connectivity index (χ2n) is 5.75. The summed E-state index contributed by atoms with van der Waals surface area (Å²) in [5, 5.41) is 0. The van der Waals surface area contributed by atoms with Crippen LogP contribution in [0.15, 0.2) is 23.1 Å². The number of rotatable bonds is 8. The Morgan fingerprint density at radius 3 is 2.38 bits per heavy atom. The Morgan fingerprint density at radius 1 is 1.10 bits per heavy atom. The van der Waals surface area contributed by atoms with Gasteiger partial charge in [0, 0.05) is 10.6 Å². The van der Waals surface area contributed by atoms with Crippen molar-refractivity contribution in [3.05, 3.63) is 18.2 Å². The molecule has 0 saturated heterocycles. The largest absolute Gasteiger partial charge is 0.486 e. The van der Waals surface area contributed by atoms with Crippen molar-refractivity contribution in [1.29, 1.82) is 0 Å². The summed E-state index contributed by atoms with van der Waals surface area (Å²) in [6, 6.07) is 6.28. The number of benzene rings is 1. The molecule has 1 aromatic carbocycles. The van der Waals surface area contributed by atoms with E-state index in [2.05, 4.69) is 38.6 Å². The standard InChI is InChI=1S/C17H26O2S2/c1-3-7-17(12-20,8-4-2)13-21-14-5-6-15-16(11-14)19-10-9-18-15/h5-6,11,20H,3-4,7-10,12-13H2,1-2H3. The number of ether oxygens (including phenoxy) is 2. The van der Waals surface area contributed by atoms with Gasteiger partial charge in [0.05, 0.1) is 0 Å². The predicted octanol–water partition coefficient (Wildman–Crippen LogP) is 5.07. The Hall–Kier alpha value is -0.480. The summed E-state index contributed by atoms with van der Waals surface area (Å²) in [6.45, 7) is 5.83. The Labute approximate surface area is 138 Å². The molecule has 0 aromatic heterocycles. The zero-order chi connectivity index (χ0) is 15.1. The van der Waals surface area contributed by atoms with E-state index in [9.17, 15) is 0 Å². The van der Waals surface area contributed by atoms with Crippen LogP contribution in [0.5, 0.6) is 11.5 Å². The van der Waals surface area contributed by atoms with Crippen molar-refractivity contribution in [3.63, 3.8) is 0 Å². The van der Waals surface area contributed by atoms with Gasteiger partial charge in [-0.3, -0.25) is 0 Å². The molecule has 0 unspecified atom stereocenters. The average Bonchev–Trinajstić information content (AvgIpc) is 2.53. The van der Waals surface area contributed by atoms with Gasteiger partial charge in [0.25, 0.3) is 0 Å². The van der Waals surface area contributed by atoms with E-state index < -0.39 is 0 Å². The second-order valence-corrected chi connectivity index (χ2v) is 7.12. The maximum absolute atomic E-state index is 5.66. The quantitative estimate of drug-likeness (QED) is 0.532. The molecule has 1 aliphatic rings. The lowest BCUT2D eigenvalue weighted by Crippen LogP contribution is -2.25. The first-order valence-electron chi connectivity index (χ1n) is 7.86. The molecule has 0 N–H and O–H groups in total. The third kappa shape index (κ3) is 4.49. The summed E-state index contributed by atoms with van der Waals surface area (Å²) in [5.74, 6) is 3.84. The minimum absolute atomic E-state index is 0.352. The maximum atomic E-state index is 5.66. The Balaban J connectivity index is 2.03. The first kappa shape index (κ1) is 16.9. The van der Waals surface area contributed by atoms with Crippen LogP contribution in [0.4, 0.5) is 0 Å². The molecule has 0 bridgehead atoms. The Kier molecular flexibility index (Phi) is 6.62. The highest BCUT2D eigenvalue weighted by atomic mass is 32.2. The van der Waals surface area contributed by atoms with Crippen LogP contribution in [0.25, 0.3) is 0 Å². The third-order valence-corrected chi connectivity index (χ3v) is 5.97. The van der Waals surface area contributed by atoms with E-state index in [-0.39, 0.29) is 0 Å². The summed E-state index contributed by atoms with van der Waals surface area (Å²) in [4.78, 5) is 1.26. The molecule has 2 rings (SSSR count). The first-order chi connectivity index (χ1) is 10.2. The minimum atomic E-state index is 0.352. The summed E-state index contributed by atoms with van der Waals surface area (Å²) < 4.78 is 11.2. The van der Waals surface area contributed by atoms with Gasteiger partial charge in [-0.1, -0.05) is 26.7 Å². The van der Waals surface area contributed by atoms with Crippen molar-refractivity contribution in [3.8, 4) is 11.5 Å². The zero-order valence-corrected chi connectivity index (χ0v) is 14.8. The van der Waals surface area contributed by atoms with Crippen molar-refractivity contribution < 1.29 is 9.47 Å². The Morgan fingerprint density at radius 2 is 1.76 bits per heavy atom. The zero-order valence-electron chi connectivity index (χ0n) is 13.1. The molecule has 0 aliphatic carbocycles. The van der Waals surface area contributed by atoms with E-state index in [1.807, 2.05) is 17.8 Å². The molecule has 0 spiro atoms. The molecule has 21 heavy (non-hydrogen) atoms. The molecular weight excluding hydrogens is 300 g/mol. The van der Waals surface area contributed by atoms with E-state index in [0.717, 1.165) is 23.0 Å². The average molecular weight is 327 g/mol. The van der Waals surface area contributed by atoms with E-state index in [1.165, 1.54) is 30.6 Å². The van der Waals surface area contributed by atoms with E-state index in [4.69, 9.17) is 9.47 Å². The van der Waals surface area contributed by atoms with Crippen LogP contribution in [0, 0.1) is 5.41 Å². The molecule has 2 nitrogen and oxygen atoms in total. The van der Waals surface area contributed by atoms with Crippen LogP contribution in [0.2, 0.25) is 0 Å². The monoisotopic (exact) mass is 326 g/mol. The SMILES string of the molecule is CCCC(CS)(CCC)CSc1ccc2c(c1)OCCO2. The van der Waals surface area contributed by atoms with Crippen molar-refractivity contribution in [1.82, 2.24) is 0 Å². The molecule has 1 heterocycles. The highest BCUT2D eigenvalue weighted by molar-refractivity contribution is 7.99. The van der Waals surface area contributed by atoms with Gasteiger partial charge in [-0.05, 0) is 42.2 Å². The van der Waals surface area contributed by atoms with Crippen molar-refractivity contribution in [2.45, 2.75) is 44.4 Å². The third-order valence-electron chi connectivity index (χ3n) is 3.95. The Bertz CT molecular complexity index is 442. The van der Waals surface area contributed by atoms with Gasteiger partial charge in [0.15, 0.2) is 11.5 Å². The molecule has 0 amide bonds. The topological polar surface area (TPSA) is 18.5 Å². The van der Waals surface area contributed by atoms with Crippen molar-refractivity contribution in [2.75, 3.05) is 24.7 Å². The van der Waals surface area contributed by atoms with Gasteiger partial charge in [-0.2, -0.15) is 12.6 Å². The molecule has 4 heteroatoms. The highest BCUT2D eigenvalue weighted by Gasteiger charge is 2.27. The van der Waals surface area contributed by atoms with E-state index in [0.29, 0.717) is 18.6 Å². The van der Waals surface area contributed by atoms with Gasteiger partial charge in [0.1, 0.15) is 13.2 Å². The van der Waals surface area contributed by atoms with E-state index >= 15 is 0 Å². The number of fused-ring (bicyclic) bond motifs is 1. The lowest BCUT2D eigenvalue weighted by Gasteiger charge is -2.31. The number of hydrogen-bond donors (Lipinski definition) is 1. The normalized spacial score (nSPS) is 14.2. The fraction of sp³-hybridized carbons (Fsp3) is 0.647. The lowest BCUT2D eigenvalue weighted by molar-refractivity contribution is 0.171. The highest BCUT2D eigenvalue weighted by Crippen LogP contribution is 2.40. The molecule has 0 saturated carbocycles. The molecule has 0 atom stereocenters. The van der Waals surface area contributed by atoms with Crippen LogP contribution < -0.4 is 9.47 Å². The minimum Gasteiger partial charge on any atom is -0.486 e. The van der Waals surface area contributed by atoms with Crippen molar-refractivity contribution in [2.24, 2.45) is 5.41 Å².